The smallest absolute Gasteiger partial charge is 0.256 e. The SMILES string of the molecule is C=CCOC(C)(C)C[C@H]1C(=O)N[C@@H](C(C)C)C(=O)N(C)[C@@H](CC(C)C)C(=O)N[C@@H](C)C(=O)N[C@H](C)C(=O)N(C)[C@@H](CC(C)C)C(=O)N(C)[C@@H](CC(C)C)C(=O)N(C)[C@@H](C(C)C)C(=O)N(C)[C@@H]([C@H](O)[C@H](C)C/C=C/C)C(=O)N[C@@H](CC)C(=O)N(C)[C@H](SCCCN2CCCC2)C(=O)N1C. The fourth-order valence-electron chi connectivity index (χ4n) is 12.7. The molecule has 0 aromatic heterocycles. The molecule has 0 unspecified atom stereocenters. The minimum absolute atomic E-state index is 0.0110. The predicted molar refractivity (Wildman–Crippen MR) is 386 cm³/mol. The van der Waals surface area contributed by atoms with Gasteiger partial charge < -0.3 is 70.3 Å². The maximum atomic E-state index is 15.6. The zero-order valence-corrected chi connectivity index (χ0v) is 64.9. The number of hydrogen-bond acceptors (Lipinski definition) is 15. The van der Waals surface area contributed by atoms with Crippen LogP contribution in [-0.2, 0) is 57.5 Å². The number of aliphatic hydroxyl groups excluding tert-OH is 1. The Bertz CT molecular complexity index is 2700. The van der Waals surface area contributed by atoms with Crippen LogP contribution >= 0.6 is 11.8 Å². The summed E-state index contributed by atoms with van der Waals surface area (Å²) in [6.07, 6.45) is 6.98. The third kappa shape index (κ3) is 25.2. The molecule has 0 aliphatic carbocycles. The van der Waals surface area contributed by atoms with Crippen LogP contribution in [0.25, 0.3) is 0 Å². The molecule has 0 spiro atoms. The molecule has 11 amide bonds. The molecule has 2 heterocycles. The van der Waals surface area contributed by atoms with Crippen molar-refractivity contribution >= 4 is 76.7 Å². The highest BCUT2D eigenvalue weighted by atomic mass is 32.2. The molecule has 13 atom stereocenters. The van der Waals surface area contributed by atoms with Crippen LogP contribution in [-0.4, -0.2) is 268 Å². The Kier molecular flexibility index (Phi) is 36.8. The molecule has 98 heavy (non-hydrogen) atoms. The fraction of sp³-hybridized carbons (Fsp3) is 0.792. The first-order valence-corrected chi connectivity index (χ1v) is 36.6. The molecule has 0 radical (unpaired) electrons. The highest BCUT2D eigenvalue weighted by Crippen LogP contribution is 2.29. The molecule has 0 aromatic carbocycles. The van der Waals surface area contributed by atoms with Crippen LogP contribution in [0.3, 0.4) is 0 Å². The van der Waals surface area contributed by atoms with Gasteiger partial charge in [0, 0.05) is 55.8 Å². The van der Waals surface area contributed by atoms with Crippen molar-refractivity contribution in [1.82, 2.24) is 60.5 Å². The van der Waals surface area contributed by atoms with Crippen molar-refractivity contribution in [2.24, 2.45) is 35.5 Å². The van der Waals surface area contributed by atoms with E-state index >= 15 is 38.4 Å². The summed E-state index contributed by atoms with van der Waals surface area (Å²) < 4.78 is 6.18. The summed E-state index contributed by atoms with van der Waals surface area (Å²) in [5.41, 5.74) is -1.10. The number of allylic oxidation sites excluding steroid dienone is 2. The number of ether oxygens (including phenoxy) is 1. The first kappa shape index (κ1) is 88.0. The second kappa shape index (κ2) is 41.0. The number of hydrogen-bond donors (Lipinski definition) is 5. The summed E-state index contributed by atoms with van der Waals surface area (Å²) in [6.45, 7) is 36.2. The monoisotopic (exact) mass is 1400 g/mol. The van der Waals surface area contributed by atoms with Gasteiger partial charge in [-0.1, -0.05) is 101 Å². The van der Waals surface area contributed by atoms with Gasteiger partial charge in [0.05, 0.1) is 18.3 Å². The lowest BCUT2D eigenvalue weighted by molar-refractivity contribution is -0.157. The first-order valence-electron chi connectivity index (χ1n) is 35.5. The first-order chi connectivity index (χ1) is 45.5. The zero-order chi connectivity index (χ0) is 75.1. The van der Waals surface area contributed by atoms with E-state index in [1.54, 1.807) is 67.5 Å². The van der Waals surface area contributed by atoms with Crippen molar-refractivity contribution in [3.8, 4) is 0 Å². The van der Waals surface area contributed by atoms with E-state index in [0.717, 1.165) is 37.4 Å². The van der Waals surface area contributed by atoms with Crippen molar-refractivity contribution in [1.29, 1.82) is 0 Å². The number of likely N-dealkylation sites (N-methyl/N-ethyl adjacent to an activating group) is 7. The standard InChI is InChI=1S/C72H128N12O13S/c1-26-29-33-48(14)59(85)58-63(89)75-51(28-3)65(91)83(25)71(98-38-32-36-84-34-30-31-35-84)70(96)80(22)55(42-72(17,18)97-37-27-2)62(88)76-56(46(10)11)68(94)77(19)52(39-43(4)5)61(87)73-49(15)60(86)74-50(16)64(90)78(20)53(40-44(6)7)66(92)79(21)54(41-45(8)9)67(93)81(23)57(47(12)13)69(95)82(58)24/h26-27,29,43-59,71,85H,2,28,30-42H2,1,3-25H3,(H,73,87)(H,74,86)(H,75,89)(H,76,88)/b29-26+/t48-,49+,50-,51+,52+,53+,54+,55+,56+,57+,58+,59-,71-/m1/s1. The highest BCUT2D eigenvalue weighted by Gasteiger charge is 2.47. The van der Waals surface area contributed by atoms with Crippen molar-refractivity contribution in [3.63, 3.8) is 0 Å². The van der Waals surface area contributed by atoms with E-state index in [1.807, 2.05) is 54.5 Å². The molecule has 0 aromatic rings. The summed E-state index contributed by atoms with van der Waals surface area (Å²) in [6, 6.07) is -12.9. The Balaban J connectivity index is 3.16. The Morgan fingerprint density at radius 1 is 0.561 bits per heavy atom. The van der Waals surface area contributed by atoms with E-state index in [0.29, 0.717) is 18.6 Å². The fourth-order valence-corrected chi connectivity index (χ4v) is 13.9. The quantitative estimate of drug-likeness (QED) is 0.0654. The molecule has 2 fully saturated rings. The maximum absolute atomic E-state index is 15.6. The molecule has 2 saturated heterocycles. The number of rotatable bonds is 23. The molecule has 0 saturated carbocycles. The Morgan fingerprint density at radius 2 is 1.04 bits per heavy atom. The number of amides is 11. The third-order valence-corrected chi connectivity index (χ3v) is 20.2. The van der Waals surface area contributed by atoms with Gasteiger partial charge in [0.15, 0.2) is 5.37 Å². The van der Waals surface area contributed by atoms with E-state index in [1.165, 1.54) is 104 Å². The molecule has 0 bridgehead atoms. The van der Waals surface area contributed by atoms with Crippen LogP contribution in [0.1, 0.15) is 175 Å². The number of nitrogens with one attached hydrogen (secondary N) is 4. The predicted octanol–water partition coefficient (Wildman–Crippen LogP) is 5.14. The maximum Gasteiger partial charge on any atom is 0.256 e. The molecular formula is C72H128N12O13S. The average molecular weight is 1400 g/mol. The minimum atomic E-state index is -1.65. The number of thioether (sulfide) groups is 1. The second-order valence-corrected chi connectivity index (χ2v) is 31.0. The van der Waals surface area contributed by atoms with Crippen molar-refractivity contribution in [3.05, 3.63) is 24.8 Å². The van der Waals surface area contributed by atoms with E-state index in [-0.39, 0.29) is 56.5 Å². The summed E-state index contributed by atoms with van der Waals surface area (Å²) in [5.74, 6) is -9.56. The second-order valence-electron chi connectivity index (χ2n) is 29.9. The van der Waals surface area contributed by atoms with Crippen molar-refractivity contribution < 1.29 is 62.6 Å². The van der Waals surface area contributed by atoms with Crippen molar-refractivity contribution in [2.75, 3.05) is 81.3 Å². The van der Waals surface area contributed by atoms with Gasteiger partial charge in [0.25, 0.3) is 5.91 Å². The lowest BCUT2D eigenvalue weighted by Crippen LogP contribution is -2.64. The van der Waals surface area contributed by atoms with Crippen LogP contribution < -0.4 is 21.3 Å². The van der Waals surface area contributed by atoms with Gasteiger partial charge in [-0.2, -0.15) is 0 Å². The summed E-state index contributed by atoms with van der Waals surface area (Å²) in [5, 5.41) is 22.3. The number of likely N-dealkylation sites (tertiary alicyclic amines) is 1. The molecule has 5 N–H and O–H groups in total. The number of carbonyl (C=O) groups is 11. The highest BCUT2D eigenvalue weighted by molar-refractivity contribution is 8.00. The zero-order valence-electron chi connectivity index (χ0n) is 64.1. The molecule has 2 aliphatic rings. The number of carbonyl (C=O) groups excluding carboxylic acids is 11. The van der Waals surface area contributed by atoms with E-state index in [2.05, 4.69) is 32.7 Å². The molecule has 2 aliphatic heterocycles. The van der Waals surface area contributed by atoms with Gasteiger partial charge in [-0.05, 0) is 147 Å². The Labute approximate surface area is 591 Å². The van der Waals surface area contributed by atoms with Crippen LogP contribution in [0.4, 0.5) is 0 Å². The summed E-state index contributed by atoms with van der Waals surface area (Å²) in [4.78, 5) is 177. The molecule has 25 nitrogen and oxygen atoms in total. The lowest BCUT2D eigenvalue weighted by atomic mass is 9.91. The Hall–Kier alpha value is -6.12. The van der Waals surface area contributed by atoms with Gasteiger partial charge in [0.2, 0.25) is 59.1 Å². The number of aliphatic hydroxyl groups is 1. The third-order valence-electron chi connectivity index (χ3n) is 18.9. The van der Waals surface area contributed by atoms with Crippen LogP contribution in [0, 0.1) is 35.5 Å². The molecule has 2 rings (SSSR count). The minimum Gasteiger partial charge on any atom is -0.390 e. The van der Waals surface area contributed by atoms with E-state index in [4.69, 9.17) is 4.74 Å². The van der Waals surface area contributed by atoms with Gasteiger partial charge in [-0.25, -0.2) is 0 Å². The van der Waals surface area contributed by atoms with Crippen LogP contribution in [0.2, 0.25) is 0 Å². The van der Waals surface area contributed by atoms with Crippen LogP contribution in [0.15, 0.2) is 24.8 Å². The molecule has 560 valence electrons. The van der Waals surface area contributed by atoms with E-state index in [9.17, 15) is 19.5 Å². The summed E-state index contributed by atoms with van der Waals surface area (Å²) in [7, 11) is 10.1. The number of nitrogens with zero attached hydrogens (tertiary/aromatic N) is 8. The van der Waals surface area contributed by atoms with Crippen LogP contribution in [0.5, 0.6) is 0 Å². The summed E-state index contributed by atoms with van der Waals surface area (Å²) >= 11 is 1.19. The van der Waals surface area contributed by atoms with Crippen molar-refractivity contribution in [2.45, 2.75) is 253 Å². The lowest BCUT2D eigenvalue weighted by Gasteiger charge is -2.41. The molecule has 26 heteroatoms. The van der Waals surface area contributed by atoms with E-state index < -0.39 is 160 Å². The van der Waals surface area contributed by atoms with Gasteiger partial charge in [-0.15, -0.1) is 18.3 Å². The van der Waals surface area contributed by atoms with Gasteiger partial charge in [0.1, 0.15) is 60.4 Å². The van der Waals surface area contributed by atoms with Gasteiger partial charge >= 0.3 is 0 Å². The largest absolute Gasteiger partial charge is 0.390 e. The Morgan fingerprint density at radius 3 is 1.54 bits per heavy atom. The van der Waals surface area contributed by atoms with Gasteiger partial charge in [-0.3, -0.25) is 52.7 Å². The topological polar surface area (TPSA) is 291 Å². The molecular weight excluding hydrogens is 1270 g/mol. The normalized spacial score (nSPS) is 26.8. The average Bonchev–Trinajstić information content (AvgIpc) is 0.816.